The number of hydrogen-bond acceptors (Lipinski definition) is 2. The van der Waals surface area contributed by atoms with Crippen molar-refractivity contribution in [3.63, 3.8) is 0 Å². The third kappa shape index (κ3) is 4.08. The van der Waals surface area contributed by atoms with Gasteiger partial charge in [0.1, 0.15) is 5.82 Å². The Bertz CT molecular complexity index is 1120. The Morgan fingerprint density at radius 3 is 2.00 bits per heavy atom. The van der Waals surface area contributed by atoms with Crippen LogP contribution in [-0.4, -0.2) is 20.6 Å². The van der Waals surface area contributed by atoms with Crippen molar-refractivity contribution in [2.24, 2.45) is 0 Å². The molecule has 29 heavy (non-hydrogen) atoms. The lowest BCUT2D eigenvalue weighted by atomic mass is 10.0. The van der Waals surface area contributed by atoms with Gasteiger partial charge < -0.3 is 9.67 Å². The predicted octanol–water partition coefficient (Wildman–Crippen LogP) is 6.01. The Labute approximate surface area is 174 Å². The molecule has 1 N–H and O–H groups in total. The van der Waals surface area contributed by atoms with Crippen molar-refractivity contribution in [2.45, 2.75) is 13.0 Å². The maximum absolute atomic E-state index is 11.3. The Balaban J connectivity index is 1.98. The van der Waals surface area contributed by atoms with Crippen LogP contribution >= 0.6 is 11.6 Å². The van der Waals surface area contributed by atoms with Crippen LogP contribution in [0.4, 0.5) is 0 Å². The van der Waals surface area contributed by atoms with Crippen LogP contribution in [0.15, 0.2) is 84.9 Å². The van der Waals surface area contributed by atoms with E-state index < -0.39 is 5.97 Å². The van der Waals surface area contributed by atoms with Gasteiger partial charge in [0.2, 0.25) is 0 Å². The molecule has 4 aromatic rings. The summed E-state index contributed by atoms with van der Waals surface area (Å²) in [6, 6.07) is 27.3. The summed E-state index contributed by atoms with van der Waals surface area (Å²) in [6.07, 6.45) is 0.00497. The Morgan fingerprint density at radius 1 is 0.828 bits per heavy atom. The monoisotopic (exact) mass is 402 g/mol. The van der Waals surface area contributed by atoms with E-state index in [9.17, 15) is 9.90 Å². The van der Waals surface area contributed by atoms with Crippen molar-refractivity contribution < 1.29 is 9.90 Å². The summed E-state index contributed by atoms with van der Waals surface area (Å²) in [5, 5.41) is 9.95. The van der Waals surface area contributed by atoms with Gasteiger partial charge >= 0.3 is 5.97 Å². The van der Waals surface area contributed by atoms with E-state index in [1.165, 1.54) is 0 Å². The molecule has 0 saturated heterocycles. The largest absolute Gasteiger partial charge is 0.481 e. The van der Waals surface area contributed by atoms with E-state index in [1.54, 1.807) is 0 Å². The van der Waals surface area contributed by atoms with Gasteiger partial charge in [-0.15, -0.1) is 0 Å². The molecule has 0 unspecified atom stereocenters. The van der Waals surface area contributed by atoms with Gasteiger partial charge in [0.15, 0.2) is 0 Å². The summed E-state index contributed by atoms with van der Waals surface area (Å²) >= 11 is 6.06. The second-order valence-corrected chi connectivity index (χ2v) is 7.10. The molecule has 0 bridgehead atoms. The van der Waals surface area contributed by atoms with Crippen LogP contribution < -0.4 is 0 Å². The van der Waals surface area contributed by atoms with Crippen molar-refractivity contribution in [1.29, 1.82) is 0 Å². The molecular weight excluding hydrogens is 384 g/mol. The van der Waals surface area contributed by atoms with Gasteiger partial charge in [-0.05, 0) is 24.3 Å². The zero-order valence-electron chi connectivity index (χ0n) is 15.6. The van der Waals surface area contributed by atoms with Gasteiger partial charge in [0.05, 0.1) is 17.8 Å². The maximum atomic E-state index is 11.3. The van der Waals surface area contributed by atoms with E-state index in [0.717, 1.165) is 33.9 Å². The van der Waals surface area contributed by atoms with Crippen molar-refractivity contribution >= 4 is 17.6 Å². The molecule has 0 atom stereocenters. The van der Waals surface area contributed by atoms with Crippen LogP contribution in [0, 0.1) is 0 Å². The van der Waals surface area contributed by atoms with E-state index in [-0.39, 0.29) is 6.42 Å². The lowest BCUT2D eigenvalue weighted by Gasteiger charge is -2.12. The smallest absolute Gasteiger partial charge is 0.305 e. The molecule has 0 aliphatic carbocycles. The average molecular weight is 403 g/mol. The number of aromatic nitrogens is 2. The Hall–Kier alpha value is -3.37. The van der Waals surface area contributed by atoms with E-state index in [0.29, 0.717) is 11.6 Å². The minimum Gasteiger partial charge on any atom is -0.481 e. The number of benzene rings is 3. The number of carboxylic acids is 1. The molecule has 4 rings (SSSR count). The lowest BCUT2D eigenvalue weighted by Crippen LogP contribution is -2.07. The summed E-state index contributed by atoms with van der Waals surface area (Å²) < 4.78 is 2.00. The number of carbonyl (C=O) groups is 1. The van der Waals surface area contributed by atoms with Crippen molar-refractivity contribution in [1.82, 2.24) is 9.55 Å². The van der Waals surface area contributed by atoms with Crippen LogP contribution in [0.25, 0.3) is 33.9 Å². The SMILES string of the molecule is O=C(O)CCn1c(-c2ccc(Cl)cc2)nc(-c2ccccc2)c1-c1ccccc1. The lowest BCUT2D eigenvalue weighted by molar-refractivity contribution is -0.137. The molecule has 0 aliphatic rings. The van der Waals surface area contributed by atoms with Crippen molar-refractivity contribution in [2.75, 3.05) is 0 Å². The standard InChI is InChI=1S/C24H19ClN2O2/c25-20-13-11-19(12-14-20)24-26-22(17-7-3-1-4-8-17)23(18-9-5-2-6-10-18)27(24)16-15-21(28)29/h1-14H,15-16H2,(H,28,29). The number of imidazole rings is 1. The Kier molecular flexibility index (Phi) is 5.45. The minimum absolute atomic E-state index is 0.00497. The number of carboxylic acid groups (broad SMARTS) is 1. The van der Waals surface area contributed by atoms with Crippen LogP contribution in [-0.2, 0) is 11.3 Å². The normalized spacial score (nSPS) is 10.8. The molecule has 3 aromatic carbocycles. The summed E-state index contributed by atoms with van der Waals surface area (Å²) in [4.78, 5) is 16.3. The van der Waals surface area contributed by atoms with E-state index in [4.69, 9.17) is 16.6 Å². The average Bonchev–Trinajstić information content (AvgIpc) is 3.13. The summed E-state index contributed by atoms with van der Waals surface area (Å²) in [7, 11) is 0. The number of aliphatic carboxylic acids is 1. The first-order valence-corrected chi connectivity index (χ1v) is 9.70. The third-order valence-electron chi connectivity index (χ3n) is 4.71. The molecule has 5 heteroatoms. The summed E-state index contributed by atoms with van der Waals surface area (Å²) in [5.74, 6) is -0.123. The third-order valence-corrected chi connectivity index (χ3v) is 4.97. The first kappa shape index (κ1) is 19.0. The molecule has 1 aromatic heterocycles. The van der Waals surface area contributed by atoms with E-state index in [1.807, 2.05) is 89.5 Å². The first-order chi connectivity index (χ1) is 14.1. The molecule has 4 nitrogen and oxygen atoms in total. The van der Waals surface area contributed by atoms with Crippen molar-refractivity contribution in [3.05, 3.63) is 90.0 Å². The topological polar surface area (TPSA) is 55.1 Å². The first-order valence-electron chi connectivity index (χ1n) is 9.32. The van der Waals surface area contributed by atoms with Gasteiger partial charge in [0.25, 0.3) is 0 Å². The van der Waals surface area contributed by atoms with Crippen LogP contribution in [0.2, 0.25) is 5.02 Å². The zero-order chi connectivity index (χ0) is 20.2. The highest BCUT2D eigenvalue weighted by Gasteiger charge is 2.21. The molecule has 1 heterocycles. The van der Waals surface area contributed by atoms with Crippen LogP contribution in [0.3, 0.4) is 0 Å². The molecule has 0 fully saturated rings. The highest BCUT2D eigenvalue weighted by atomic mass is 35.5. The van der Waals surface area contributed by atoms with Gasteiger partial charge in [-0.2, -0.15) is 0 Å². The summed E-state index contributed by atoms with van der Waals surface area (Å²) in [6.45, 7) is 0.317. The van der Waals surface area contributed by atoms with E-state index in [2.05, 4.69) is 0 Å². The second kappa shape index (κ2) is 8.33. The highest BCUT2D eigenvalue weighted by molar-refractivity contribution is 6.30. The van der Waals surface area contributed by atoms with E-state index >= 15 is 0 Å². The van der Waals surface area contributed by atoms with Gasteiger partial charge in [0, 0.05) is 28.3 Å². The van der Waals surface area contributed by atoms with Gasteiger partial charge in [-0.25, -0.2) is 4.98 Å². The fourth-order valence-electron chi connectivity index (χ4n) is 3.38. The van der Waals surface area contributed by atoms with Crippen molar-refractivity contribution in [3.8, 4) is 33.9 Å². The number of halogens is 1. The van der Waals surface area contributed by atoms with Crippen LogP contribution in [0.1, 0.15) is 6.42 Å². The molecule has 0 radical (unpaired) electrons. The minimum atomic E-state index is -0.846. The number of rotatable bonds is 6. The fraction of sp³-hybridized carbons (Fsp3) is 0.0833. The molecule has 0 saturated carbocycles. The molecule has 0 amide bonds. The maximum Gasteiger partial charge on any atom is 0.305 e. The second-order valence-electron chi connectivity index (χ2n) is 6.67. The predicted molar refractivity (Wildman–Crippen MR) is 116 cm³/mol. The fourth-order valence-corrected chi connectivity index (χ4v) is 3.51. The van der Waals surface area contributed by atoms with Gasteiger partial charge in [-0.1, -0.05) is 72.3 Å². The quantitative estimate of drug-likeness (QED) is 0.429. The molecule has 144 valence electrons. The molecule has 0 aliphatic heterocycles. The zero-order valence-corrected chi connectivity index (χ0v) is 16.4. The molecular formula is C24H19ClN2O2. The highest BCUT2D eigenvalue weighted by Crippen LogP contribution is 2.36. The van der Waals surface area contributed by atoms with Gasteiger partial charge in [-0.3, -0.25) is 4.79 Å². The molecule has 0 spiro atoms. The Morgan fingerprint density at radius 2 is 1.41 bits per heavy atom. The summed E-state index contributed by atoms with van der Waals surface area (Å²) in [5.41, 5.74) is 4.59. The number of hydrogen-bond donors (Lipinski definition) is 1. The number of nitrogens with zero attached hydrogens (tertiary/aromatic N) is 2. The van der Waals surface area contributed by atoms with Crippen LogP contribution in [0.5, 0.6) is 0 Å².